The fraction of sp³-hybridized carbons (Fsp3) is 0.238. The Bertz CT molecular complexity index is 933. The molecule has 0 aliphatic carbocycles. The summed E-state index contributed by atoms with van der Waals surface area (Å²) in [7, 11) is 1.65. The van der Waals surface area contributed by atoms with Gasteiger partial charge in [-0.2, -0.15) is 0 Å². The first-order chi connectivity index (χ1) is 12.7. The van der Waals surface area contributed by atoms with Crippen molar-refractivity contribution < 1.29 is 9.53 Å². The van der Waals surface area contributed by atoms with Gasteiger partial charge in [0, 0.05) is 22.7 Å². The zero-order chi connectivity index (χ0) is 18.1. The summed E-state index contributed by atoms with van der Waals surface area (Å²) < 4.78 is 5.20. The Labute approximate surface area is 157 Å². The van der Waals surface area contributed by atoms with Crippen molar-refractivity contribution >= 4 is 22.9 Å². The van der Waals surface area contributed by atoms with E-state index < -0.39 is 0 Å². The molecule has 0 unspecified atom stereocenters. The van der Waals surface area contributed by atoms with E-state index in [4.69, 9.17) is 4.74 Å². The Morgan fingerprint density at radius 3 is 2.73 bits per heavy atom. The van der Waals surface area contributed by atoms with E-state index in [1.54, 1.807) is 7.11 Å². The molecule has 1 atom stereocenters. The molecule has 0 radical (unpaired) electrons. The molecule has 132 valence electrons. The van der Waals surface area contributed by atoms with E-state index in [0.717, 1.165) is 34.8 Å². The maximum absolute atomic E-state index is 13.2. The molecule has 1 amide bonds. The number of amides is 1. The van der Waals surface area contributed by atoms with Crippen LogP contribution in [0.2, 0.25) is 0 Å². The number of methoxy groups -OCH3 is 1. The Morgan fingerprint density at radius 1 is 1.19 bits per heavy atom. The lowest BCUT2D eigenvalue weighted by Crippen LogP contribution is -2.42. The van der Waals surface area contributed by atoms with Crippen LogP contribution >= 0.6 is 11.3 Å². The summed E-state index contributed by atoms with van der Waals surface area (Å²) in [6.45, 7) is 2.10. The molecule has 0 saturated carbocycles. The first-order valence-electron chi connectivity index (χ1n) is 8.69. The van der Waals surface area contributed by atoms with Crippen LogP contribution in [-0.2, 0) is 6.42 Å². The summed E-state index contributed by atoms with van der Waals surface area (Å²) in [6.07, 6.45) is 1.98. The molecular formula is C21H20N2O2S. The molecule has 3 aromatic rings. The third kappa shape index (κ3) is 2.99. The zero-order valence-electron chi connectivity index (χ0n) is 14.8. The van der Waals surface area contributed by atoms with E-state index in [0.29, 0.717) is 5.69 Å². The maximum Gasteiger partial charge on any atom is 0.278 e. The normalized spacial score (nSPS) is 16.2. The molecule has 4 nitrogen and oxygen atoms in total. The number of benzene rings is 2. The molecule has 0 N–H and O–H groups in total. The molecule has 0 fully saturated rings. The number of aryl methyl sites for hydroxylation is 1. The van der Waals surface area contributed by atoms with Gasteiger partial charge < -0.3 is 9.64 Å². The number of para-hydroxylation sites is 1. The number of rotatable bonds is 3. The number of hydrogen-bond donors (Lipinski definition) is 0. The molecule has 2 aromatic carbocycles. The fourth-order valence-electron chi connectivity index (χ4n) is 3.36. The molecule has 0 saturated heterocycles. The van der Waals surface area contributed by atoms with Gasteiger partial charge >= 0.3 is 0 Å². The van der Waals surface area contributed by atoms with Crippen LogP contribution in [0.25, 0.3) is 10.6 Å². The molecule has 26 heavy (non-hydrogen) atoms. The van der Waals surface area contributed by atoms with Gasteiger partial charge in [-0.3, -0.25) is 4.79 Å². The van der Waals surface area contributed by atoms with Crippen LogP contribution in [0.1, 0.15) is 29.4 Å². The molecular weight excluding hydrogens is 344 g/mol. The summed E-state index contributed by atoms with van der Waals surface area (Å²) >= 11 is 1.49. The van der Waals surface area contributed by atoms with Gasteiger partial charge in [-0.1, -0.05) is 18.2 Å². The lowest BCUT2D eigenvalue weighted by atomic mass is 9.96. The number of anilines is 1. The largest absolute Gasteiger partial charge is 0.497 e. The summed E-state index contributed by atoms with van der Waals surface area (Å²) in [4.78, 5) is 19.7. The van der Waals surface area contributed by atoms with Crippen LogP contribution in [-0.4, -0.2) is 24.0 Å². The molecule has 0 bridgehead atoms. The first kappa shape index (κ1) is 16.8. The second-order valence-electron chi connectivity index (χ2n) is 6.46. The highest BCUT2D eigenvalue weighted by Crippen LogP contribution is 2.33. The van der Waals surface area contributed by atoms with Gasteiger partial charge in [0.1, 0.15) is 16.5 Å². The third-order valence-corrected chi connectivity index (χ3v) is 5.69. The SMILES string of the molecule is COc1ccc(-c2nc(C(=O)N3c4ccccc4CC[C@H]3C)cs2)cc1. The summed E-state index contributed by atoms with van der Waals surface area (Å²) in [6, 6.07) is 16.1. The Hall–Kier alpha value is -2.66. The quantitative estimate of drug-likeness (QED) is 0.670. The number of thiazole rings is 1. The highest BCUT2D eigenvalue weighted by Gasteiger charge is 2.30. The lowest BCUT2D eigenvalue weighted by molar-refractivity contribution is 0.0971. The minimum atomic E-state index is -0.0272. The van der Waals surface area contributed by atoms with Crippen LogP contribution in [0, 0.1) is 0 Å². The number of ether oxygens (including phenoxy) is 1. The Morgan fingerprint density at radius 2 is 1.96 bits per heavy atom. The van der Waals surface area contributed by atoms with E-state index in [-0.39, 0.29) is 11.9 Å². The lowest BCUT2D eigenvalue weighted by Gasteiger charge is -2.34. The number of aromatic nitrogens is 1. The summed E-state index contributed by atoms with van der Waals surface area (Å²) in [5, 5.41) is 2.69. The van der Waals surface area contributed by atoms with Crippen LogP contribution in [0.5, 0.6) is 5.75 Å². The van der Waals surface area contributed by atoms with Crippen LogP contribution in [0.3, 0.4) is 0 Å². The fourth-order valence-corrected chi connectivity index (χ4v) is 4.16. The van der Waals surface area contributed by atoms with E-state index >= 15 is 0 Å². The highest BCUT2D eigenvalue weighted by atomic mass is 32.1. The minimum absolute atomic E-state index is 0.0272. The molecule has 1 aliphatic rings. The third-order valence-electron chi connectivity index (χ3n) is 4.80. The predicted molar refractivity (Wildman–Crippen MR) is 105 cm³/mol. The number of hydrogen-bond acceptors (Lipinski definition) is 4. The van der Waals surface area contributed by atoms with Crippen molar-refractivity contribution in [3.05, 3.63) is 65.2 Å². The van der Waals surface area contributed by atoms with Crippen molar-refractivity contribution in [2.75, 3.05) is 12.0 Å². The first-order valence-corrected chi connectivity index (χ1v) is 9.57. The summed E-state index contributed by atoms with van der Waals surface area (Å²) in [5.41, 5.74) is 3.73. The van der Waals surface area contributed by atoms with Crippen molar-refractivity contribution in [1.82, 2.24) is 4.98 Å². The van der Waals surface area contributed by atoms with Crippen molar-refractivity contribution in [3.8, 4) is 16.3 Å². The second-order valence-corrected chi connectivity index (χ2v) is 7.32. The van der Waals surface area contributed by atoms with Crippen molar-refractivity contribution in [2.45, 2.75) is 25.8 Å². The second kappa shape index (κ2) is 6.92. The molecule has 5 heteroatoms. The van der Waals surface area contributed by atoms with Gasteiger partial charge in [0.15, 0.2) is 0 Å². The number of fused-ring (bicyclic) bond motifs is 1. The molecule has 2 heterocycles. The molecule has 4 rings (SSSR count). The van der Waals surface area contributed by atoms with Gasteiger partial charge in [0.25, 0.3) is 5.91 Å². The minimum Gasteiger partial charge on any atom is -0.497 e. The van der Waals surface area contributed by atoms with Gasteiger partial charge in [0.05, 0.1) is 7.11 Å². The average Bonchev–Trinajstić information content (AvgIpc) is 3.18. The summed E-state index contributed by atoms with van der Waals surface area (Å²) in [5.74, 6) is 0.779. The van der Waals surface area contributed by atoms with E-state index in [9.17, 15) is 4.79 Å². The maximum atomic E-state index is 13.2. The van der Waals surface area contributed by atoms with E-state index in [2.05, 4.69) is 18.0 Å². The average molecular weight is 364 g/mol. The predicted octanol–water partition coefficient (Wildman–Crippen LogP) is 4.80. The van der Waals surface area contributed by atoms with Gasteiger partial charge in [-0.15, -0.1) is 11.3 Å². The number of carbonyl (C=O) groups is 1. The van der Waals surface area contributed by atoms with E-state index in [1.165, 1.54) is 16.9 Å². The Balaban J connectivity index is 1.64. The van der Waals surface area contributed by atoms with Gasteiger partial charge in [-0.05, 0) is 55.7 Å². The number of nitrogens with zero attached hydrogens (tertiary/aromatic N) is 2. The Kier molecular flexibility index (Phi) is 4.47. The van der Waals surface area contributed by atoms with Gasteiger partial charge in [0.2, 0.25) is 0 Å². The number of carbonyl (C=O) groups excluding carboxylic acids is 1. The van der Waals surface area contributed by atoms with Crippen molar-refractivity contribution in [2.24, 2.45) is 0 Å². The molecule has 0 spiro atoms. The highest BCUT2D eigenvalue weighted by molar-refractivity contribution is 7.13. The van der Waals surface area contributed by atoms with Crippen molar-refractivity contribution in [3.63, 3.8) is 0 Å². The zero-order valence-corrected chi connectivity index (χ0v) is 15.6. The standard InChI is InChI=1S/C21H20N2O2S/c1-14-7-8-15-5-3-4-6-19(15)23(14)21(24)18-13-26-20(22-18)16-9-11-17(25-2)12-10-16/h3-6,9-14H,7-8H2,1-2H3/t14-/m1/s1. The molecule has 1 aliphatic heterocycles. The van der Waals surface area contributed by atoms with Crippen molar-refractivity contribution in [1.29, 1.82) is 0 Å². The monoisotopic (exact) mass is 364 g/mol. The van der Waals surface area contributed by atoms with Crippen LogP contribution in [0.15, 0.2) is 53.9 Å². The van der Waals surface area contributed by atoms with Gasteiger partial charge in [-0.25, -0.2) is 4.98 Å². The topological polar surface area (TPSA) is 42.4 Å². The van der Waals surface area contributed by atoms with Crippen LogP contribution < -0.4 is 9.64 Å². The van der Waals surface area contributed by atoms with Crippen LogP contribution in [0.4, 0.5) is 5.69 Å². The smallest absolute Gasteiger partial charge is 0.278 e. The van der Waals surface area contributed by atoms with E-state index in [1.807, 2.05) is 52.7 Å². The molecule has 1 aromatic heterocycles.